The van der Waals surface area contributed by atoms with Gasteiger partial charge in [0.2, 0.25) is 0 Å². The number of hydrogen-bond donors (Lipinski definition) is 1. The van der Waals surface area contributed by atoms with Crippen LogP contribution in [0.2, 0.25) is 5.02 Å². The molecule has 6 nitrogen and oxygen atoms in total. The largest absolute Gasteiger partial charge is 0.493 e. The number of amides is 2. The number of benzene rings is 3. The molecule has 0 spiro atoms. The second-order valence-electron chi connectivity index (χ2n) is 8.52. The van der Waals surface area contributed by atoms with Gasteiger partial charge < -0.3 is 14.8 Å². The van der Waals surface area contributed by atoms with Gasteiger partial charge in [-0.1, -0.05) is 65.4 Å². The van der Waals surface area contributed by atoms with Crippen molar-refractivity contribution in [3.63, 3.8) is 0 Å². The summed E-state index contributed by atoms with van der Waals surface area (Å²) in [4.78, 5) is 27.6. The van der Waals surface area contributed by atoms with Crippen LogP contribution in [0.1, 0.15) is 22.3 Å². The van der Waals surface area contributed by atoms with Crippen LogP contribution in [0.3, 0.4) is 0 Å². The molecule has 3 aromatic carbocycles. The van der Waals surface area contributed by atoms with E-state index >= 15 is 0 Å². The number of thiocarbonyl (C=S) groups is 1. The number of nitrogens with zero attached hydrogens (tertiary/aromatic N) is 1. The van der Waals surface area contributed by atoms with Gasteiger partial charge in [-0.3, -0.25) is 14.5 Å². The number of aryl methyl sites for hydroxylation is 3. The van der Waals surface area contributed by atoms with E-state index in [4.69, 9.17) is 33.3 Å². The molecule has 2 amide bonds. The van der Waals surface area contributed by atoms with Crippen LogP contribution in [0.5, 0.6) is 11.5 Å². The fourth-order valence-corrected chi connectivity index (χ4v) is 5.25. The third kappa shape index (κ3) is 6.15. The van der Waals surface area contributed by atoms with Gasteiger partial charge in [0.05, 0.1) is 17.7 Å². The molecule has 1 aliphatic heterocycles. The first-order valence-electron chi connectivity index (χ1n) is 11.4. The molecule has 1 N–H and O–H groups in total. The lowest BCUT2D eigenvalue weighted by Crippen LogP contribution is -2.28. The Morgan fingerprint density at radius 3 is 2.54 bits per heavy atom. The first-order chi connectivity index (χ1) is 17.7. The Hall–Kier alpha value is -3.33. The quantitative estimate of drug-likeness (QED) is 0.260. The molecule has 3 aromatic rings. The van der Waals surface area contributed by atoms with Gasteiger partial charge in [-0.05, 0) is 73.9 Å². The van der Waals surface area contributed by atoms with Gasteiger partial charge in [0.15, 0.2) is 22.4 Å². The van der Waals surface area contributed by atoms with E-state index in [1.807, 2.05) is 45.0 Å². The van der Waals surface area contributed by atoms with Crippen molar-refractivity contribution in [1.82, 2.24) is 0 Å². The normalized spacial score (nSPS) is 14.3. The second kappa shape index (κ2) is 11.4. The highest BCUT2D eigenvalue weighted by Crippen LogP contribution is 2.38. The third-order valence-electron chi connectivity index (χ3n) is 5.69. The number of halogens is 1. The number of carbonyl (C=O) groups excluding carboxylic acids is 2. The number of nitrogens with one attached hydrogen (secondary N) is 1. The maximum atomic E-state index is 13.2. The third-order valence-corrected chi connectivity index (χ3v) is 7.40. The smallest absolute Gasteiger partial charge is 0.270 e. The van der Waals surface area contributed by atoms with E-state index in [0.717, 1.165) is 27.9 Å². The van der Waals surface area contributed by atoms with Crippen LogP contribution in [0, 0.1) is 20.8 Å². The van der Waals surface area contributed by atoms with E-state index < -0.39 is 0 Å². The summed E-state index contributed by atoms with van der Waals surface area (Å²) in [5.41, 5.74) is 5.13. The molecule has 0 atom stereocenters. The minimum Gasteiger partial charge on any atom is -0.493 e. The molecule has 0 radical (unpaired) electrons. The van der Waals surface area contributed by atoms with Gasteiger partial charge in [0.25, 0.3) is 11.8 Å². The predicted molar refractivity (Wildman–Crippen MR) is 155 cm³/mol. The van der Waals surface area contributed by atoms with Crippen molar-refractivity contribution in [3.8, 4) is 11.5 Å². The molecule has 1 fully saturated rings. The number of rotatable bonds is 7. The Morgan fingerprint density at radius 2 is 1.84 bits per heavy atom. The van der Waals surface area contributed by atoms with Crippen molar-refractivity contribution >= 4 is 69.2 Å². The van der Waals surface area contributed by atoms with Gasteiger partial charge in [-0.2, -0.15) is 0 Å². The first-order valence-corrected chi connectivity index (χ1v) is 13.0. The molecule has 0 aliphatic carbocycles. The van der Waals surface area contributed by atoms with Crippen LogP contribution in [-0.4, -0.2) is 29.9 Å². The molecule has 190 valence electrons. The molecule has 0 saturated carbocycles. The van der Waals surface area contributed by atoms with Gasteiger partial charge in [-0.15, -0.1) is 0 Å². The lowest BCUT2D eigenvalue weighted by atomic mass is 10.1. The van der Waals surface area contributed by atoms with Crippen molar-refractivity contribution in [2.45, 2.75) is 20.8 Å². The lowest BCUT2D eigenvalue weighted by Gasteiger charge is -2.17. The summed E-state index contributed by atoms with van der Waals surface area (Å²) in [6.07, 6.45) is 1.77. The van der Waals surface area contributed by atoms with Crippen LogP contribution in [0.25, 0.3) is 6.08 Å². The van der Waals surface area contributed by atoms with Crippen molar-refractivity contribution in [3.05, 3.63) is 86.8 Å². The van der Waals surface area contributed by atoms with Crippen molar-refractivity contribution < 1.29 is 19.1 Å². The Bertz CT molecular complexity index is 1440. The zero-order valence-corrected chi connectivity index (χ0v) is 23.1. The fourth-order valence-electron chi connectivity index (χ4n) is 3.79. The summed E-state index contributed by atoms with van der Waals surface area (Å²) in [7, 11) is 1.51. The molecule has 0 unspecified atom stereocenters. The summed E-state index contributed by atoms with van der Waals surface area (Å²) in [6.45, 7) is 5.65. The number of carbonyl (C=O) groups is 2. The van der Waals surface area contributed by atoms with Crippen LogP contribution >= 0.6 is 35.6 Å². The standard InChI is InChI=1S/C28H25ClN2O4S2/c1-16-5-9-22(18(3)11-16)31-27(33)25(37-28(31)36)13-19-7-10-23(24(12-19)34-4)35-15-26(32)30-20-8-6-17(2)21(29)14-20/h5-14H,15H2,1-4H3,(H,30,32)/b25-13-. The highest BCUT2D eigenvalue weighted by molar-refractivity contribution is 8.27. The number of methoxy groups -OCH3 is 1. The molecule has 1 heterocycles. The van der Waals surface area contributed by atoms with Crippen LogP contribution in [0.4, 0.5) is 11.4 Å². The number of anilines is 2. The van der Waals surface area contributed by atoms with Gasteiger partial charge in [0.1, 0.15) is 0 Å². The average molecular weight is 553 g/mol. The molecule has 0 bridgehead atoms. The van der Waals surface area contributed by atoms with Crippen molar-refractivity contribution in [2.75, 3.05) is 23.9 Å². The Balaban J connectivity index is 1.46. The Morgan fingerprint density at radius 1 is 1.05 bits per heavy atom. The number of thioether (sulfide) groups is 1. The van der Waals surface area contributed by atoms with E-state index in [1.165, 1.54) is 18.9 Å². The predicted octanol–water partition coefficient (Wildman–Crippen LogP) is 6.70. The molecule has 1 saturated heterocycles. The maximum absolute atomic E-state index is 13.2. The molecule has 4 rings (SSSR count). The topological polar surface area (TPSA) is 67.9 Å². The van der Waals surface area contributed by atoms with Crippen LogP contribution in [0.15, 0.2) is 59.5 Å². The SMILES string of the molecule is COc1cc(/C=C2\SC(=S)N(c3ccc(C)cc3C)C2=O)ccc1OCC(=O)Nc1ccc(C)c(Cl)c1. The molecule has 37 heavy (non-hydrogen) atoms. The minimum atomic E-state index is -0.332. The molecular weight excluding hydrogens is 528 g/mol. The van der Waals surface area contributed by atoms with Gasteiger partial charge in [0, 0.05) is 10.7 Å². The minimum absolute atomic E-state index is 0.172. The second-order valence-corrected chi connectivity index (χ2v) is 10.6. The molecule has 0 aromatic heterocycles. The van der Waals surface area contributed by atoms with Crippen LogP contribution in [-0.2, 0) is 9.59 Å². The first kappa shape index (κ1) is 26.7. The van der Waals surface area contributed by atoms with E-state index in [2.05, 4.69) is 5.32 Å². The summed E-state index contributed by atoms with van der Waals surface area (Å²) in [5, 5.41) is 3.33. The van der Waals surface area contributed by atoms with Crippen molar-refractivity contribution in [1.29, 1.82) is 0 Å². The van der Waals surface area contributed by atoms with Gasteiger partial charge in [-0.25, -0.2) is 0 Å². The molecule has 9 heteroatoms. The number of ether oxygens (including phenoxy) is 2. The number of hydrogen-bond acceptors (Lipinski definition) is 6. The molecule has 1 aliphatic rings. The van der Waals surface area contributed by atoms with E-state index in [1.54, 1.807) is 41.3 Å². The Labute approximate surface area is 230 Å². The highest BCUT2D eigenvalue weighted by Gasteiger charge is 2.34. The zero-order chi connectivity index (χ0) is 26.7. The summed E-state index contributed by atoms with van der Waals surface area (Å²) in [5.74, 6) is 0.333. The highest BCUT2D eigenvalue weighted by atomic mass is 35.5. The zero-order valence-electron chi connectivity index (χ0n) is 20.8. The summed E-state index contributed by atoms with van der Waals surface area (Å²) < 4.78 is 11.6. The maximum Gasteiger partial charge on any atom is 0.270 e. The lowest BCUT2D eigenvalue weighted by molar-refractivity contribution is -0.118. The van der Waals surface area contributed by atoms with Crippen molar-refractivity contribution in [2.24, 2.45) is 0 Å². The fraction of sp³-hybridized carbons (Fsp3) is 0.179. The Kier molecular flexibility index (Phi) is 8.22. The average Bonchev–Trinajstić information content (AvgIpc) is 3.13. The molecular formula is C28H25ClN2O4S2. The van der Waals surface area contributed by atoms with E-state index in [-0.39, 0.29) is 18.4 Å². The van der Waals surface area contributed by atoms with Gasteiger partial charge >= 0.3 is 0 Å². The summed E-state index contributed by atoms with van der Waals surface area (Å²) >= 11 is 12.9. The van der Waals surface area contributed by atoms with Crippen LogP contribution < -0.4 is 19.7 Å². The monoisotopic (exact) mass is 552 g/mol. The summed E-state index contributed by atoms with van der Waals surface area (Å²) in [6, 6.07) is 16.4. The van der Waals surface area contributed by atoms with E-state index in [9.17, 15) is 9.59 Å². The van der Waals surface area contributed by atoms with E-state index in [0.29, 0.717) is 31.4 Å².